The monoisotopic (exact) mass is 845 g/mol. The van der Waals surface area contributed by atoms with Gasteiger partial charge in [0, 0.05) is 32.9 Å². The molecule has 10 aromatic carbocycles. The first-order valence-corrected chi connectivity index (χ1v) is 24.4. The van der Waals surface area contributed by atoms with Crippen LogP contribution in [0.25, 0.3) is 60.9 Å². The summed E-state index contributed by atoms with van der Waals surface area (Å²) in [5.41, 5.74) is 12.3. The lowest BCUT2D eigenvalue weighted by Crippen LogP contribution is -2.75. The van der Waals surface area contributed by atoms with Crippen molar-refractivity contribution in [2.45, 2.75) is 0 Å². The Kier molecular flexibility index (Phi) is 8.65. The first-order chi connectivity index (χ1) is 32.2. The molecule has 3 nitrogen and oxygen atoms in total. The molecule has 2 aliphatic rings. The third kappa shape index (κ3) is 5.83. The number of para-hydroxylation sites is 3. The number of hydrogen-bond acceptors (Lipinski definition) is 2. The summed E-state index contributed by atoms with van der Waals surface area (Å²) in [4.78, 5) is 0. The molecule has 5 heteroatoms. The van der Waals surface area contributed by atoms with Crippen LogP contribution >= 0.6 is 0 Å². The smallest absolute Gasteiger partial charge is 0.434 e. The summed E-state index contributed by atoms with van der Waals surface area (Å²) >= 11 is 0. The second kappa shape index (κ2) is 15.0. The minimum absolute atomic E-state index is 0.318. The normalized spacial score (nSPS) is 12.5. The van der Waals surface area contributed by atoms with Crippen LogP contribution in [0.5, 0.6) is 17.2 Å². The van der Waals surface area contributed by atoms with Crippen molar-refractivity contribution in [3.05, 3.63) is 243 Å². The van der Waals surface area contributed by atoms with Gasteiger partial charge in [-0.25, -0.2) is 0 Å². The molecule has 13 rings (SSSR count). The molecule has 0 saturated carbocycles. The van der Waals surface area contributed by atoms with Crippen molar-refractivity contribution in [2.75, 3.05) is 0 Å². The van der Waals surface area contributed by atoms with Crippen molar-refractivity contribution in [3.63, 3.8) is 0 Å². The van der Waals surface area contributed by atoms with Gasteiger partial charge in [-0.05, 0) is 97.1 Å². The molecule has 0 saturated heterocycles. The maximum absolute atomic E-state index is 7.15. The van der Waals surface area contributed by atoms with E-state index in [1.54, 1.807) is 0 Å². The van der Waals surface area contributed by atoms with E-state index in [-0.39, 0.29) is 6.92 Å². The predicted molar refractivity (Wildman–Crippen MR) is 273 cm³/mol. The number of aromatic nitrogens is 1. The summed E-state index contributed by atoms with van der Waals surface area (Å²) in [6.45, 7) is -0.318. The van der Waals surface area contributed by atoms with Crippen molar-refractivity contribution in [3.8, 4) is 56.3 Å². The van der Waals surface area contributed by atoms with Crippen LogP contribution in [0.4, 0.5) is 0 Å². The van der Waals surface area contributed by atoms with Crippen molar-refractivity contribution >= 4 is 68.5 Å². The number of ether oxygens (including phenoxy) is 1. The van der Waals surface area contributed by atoms with Gasteiger partial charge in [0.05, 0.1) is 11.0 Å². The van der Waals surface area contributed by atoms with Crippen LogP contribution in [0, 0.1) is 0 Å². The molecule has 0 spiro atoms. The van der Waals surface area contributed by atoms with Gasteiger partial charge in [0.1, 0.15) is 17.2 Å². The highest BCUT2D eigenvalue weighted by Crippen LogP contribution is 2.42. The van der Waals surface area contributed by atoms with Crippen LogP contribution in [-0.4, -0.2) is 19.6 Å². The fourth-order valence-electron chi connectivity index (χ4n) is 10.8. The van der Waals surface area contributed by atoms with Crippen molar-refractivity contribution in [2.24, 2.45) is 0 Å². The topological polar surface area (TPSA) is 23.4 Å². The first-order valence-electron chi connectivity index (χ1n) is 22.4. The average Bonchev–Trinajstić information content (AvgIpc) is 3.72. The predicted octanol–water partition coefficient (Wildman–Crippen LogP) is 10.8. The van der Waals surface area contributed by atoms with E-state index < -0.39 is 8.07 Å². The van der Waals surface area contributed by atoms with E-state index in [1.165, 1.54) is 48.1 Å². The molecule has 65 heavy (non-hydrogen) atoms. The van der Waals surface area contributed by atoms with Gasteiger partial charge >= 0.3 is 6.92 Å². The molecule has 0 unspecified atom stereocenters. The molecule has 0 bridgehead atoms. The lowest BCUT2D eigenvalue weighted by atomic mass is 9.50. The van der Waals surface area contributed by atoms with Crippen LogP contribution in [0.15, 0.2) is 243 Å². The molecule has 11 aromatic rings. The fourth-order valence-corrected chi connectivity index (χ4v) is 15.8. The lowest BCUT2D eigenvalue weighted by Gasteiger charge is -2.36. The zero-order valence-electron chi connectivity index (χ0n) is 35.4. The molecule has 0 radical (unpaired) electrons. The number of rotatable bonds is 7. The van der Waals surface area contributed by atoms with E-state index in [0.717, 1.165) is 61.7 Å². The Balaban J connectivity index is 0.960. The summed E-state index contributed by atoms with van der Waals surface area (Å²) in [6.07, 6.45) is 0. The number of fused-ring (bicyclic) bond motifs is 7. The Bertz CT molecular complexity index is 3460. The summed E-state index contributed by atoms with van der Waals surface area (Å²) in [6, 6.07) is 88.4. The van der Waals surface area contributed by atoms with Crippen molar-refractivity contribution in [1.82, 2.24) is 4.57 Å². The Morgan fingerprint density at radius 2 is 0.892 bits per heavy atom. The second-order valence-electron chi connectivity index (χ2n) is 17.1. The zero-order chi connectivity index (χ0) is 42.9. The van der Waals surface area contributed by atoms with E-state index in [0.29, 0.717) is 0 Å². The van der Waals surface area contributed by atoms with Crippen LogP contribution in [0.2, 0.25) is 0 Å². The van der Waals surface area contributed by atoms with E-state index in [9.17, 15) is 0 Å². The van der Waals surface area contributed by atoms with Crippen LogP contribution in [0.3, 0.4) is 0 Å². The Labute approximate surface area is 379 Å². The lowest BCUT2D eigenvalue weighted by molar-refractivity contribution is 0.480. The average molecular weight is 846 g/mol. The third-order valence-electron chi connectivity index (χ3n) is 13.6. The quantitative estimate of drug-likeness (QED) is 0.118. The van der Waals surface area contributed by atoms with Crippen LogP contribution in [0.1, 0.15) is 0 Å². The van der Waals surface area contributed by atoms with Gasteiger partial charge in [-0.15, -0.1) is 0 Å². The molecule has 1 aromatic heterocycles. The molecule has 0 aliphatic carbocycles. The van der Waals surface area contributed by atoms with E-state index in [2.05, 4.69) is 247 Å². The van der Waals surface area contributed by atoms with Gasteiger partial charge in [-0.3, -0.25) is 0 Å². The summed E-state index contributed by atoms with van der Waals surface area (Å²) in [7, 11) is -2.88. The van der Waals surface area contributed by atoms with Gasteiger partial charge in [-0.1, -0.05) is 194 Å². The minimum atomic E-state index is -2.88. The first kappa shape index (κ1) is 37.4. The highest BCUT2D eigenvalue weighted by Gasteiger charge is 2.44. The van der Waals surface area contributed by atoms with Crippen LogP contribution < -0.4 is 41.1 Å². The Hall–Kier alpha value is -8.12. The van der Waals surface area contributed by atoms with Crippen LogP contribution in [-0.2, 0) is 0 Å². The fraction of sp³-hybridized carbons (Fsp3) is 0. The highest BCUT2D eigenvalue weighted by atomic mass is 28.3. The minimum Gasteiger partial charge on any atom is -0.551 e. The van der Waals surface area contributed by atoms with Gasteiger partial charge in [0.15, 0.2) is 8.07 Å². The highest BCUT2D eigenvalue weighted by molar-refractivity contribution is 7.20. The van der Waals surface area contributed by atoms with Gasteiger partial charge in [0.2, 0.25) is 0 Å². The largest absolute Gasteiger partial charge is 0.551 e. The Morgan fingerprint density at radius 3 is 1.54 bits per heavy atom. The molecular weight excluding hydrogens is 806 g/mol. The zero-order valence-corrected chi connectivity index (χ0v) is 36.4. The number of hydrogen-bond donors (Lipinski definition) is 0. The molecule has 3 heterocycles. The van der Waals surface area contributed by atoms with E-state index >= 15 is 0 Å². The number of benzene rings is 10. The van der Waals surface area contributed by atoms with E-state index in [4.69, 9.17) is 9.39 Å². The maximum Gasteiger partial charge on any atom is 0.434 e. The summed E-state index contributed by atoms with van der Waals surface area (Å²) in [5, 5.41) is 7.85. The maximum atomic E-state index is 7.15. The van der Waals surface area contributed by atoms with E-state index in [1.807, 2.05) is 0 Å². The molecule has 0 atom stereocenters. The molecule has 0 fully saturated rings. The summed E-state index contributed by atoms with van der Waals surface area (Å²) < 4.78 is 16.5. The molecule has 0 N–H and O–H groups in total. The van der Waals surface area contributed by atoms with Gasteiger partial charge in [0.25, 0.3) is 0 Å². The standard InChI is InChI=1S/C60H40BNO2Si/c1-4-18-45(19-5-1)65(46-20-6-2-7-21-46,47-22-8-3-9-23-47)59-31-17-13-24-48(59)43-38-52-51-27-12-16-30-56(51)64-61-53-37-34-42(39-57(53)63-58(40-43)60(52)61)41-32-35-44(36-33-41)62-54-28-14-10-25-49(54)50-26-11-15-29-55(50)62/h1-40H. The van der Waals surface area contributed by atoms with Gasteiger partial charge < -0.3 is 14.0 Å². The molecule has 2 aliphatic heterocycles. The van der Waals surface area contributed by atoms with Crippen molar-refractivity contribution in [1.29, 1.82) is 0 Å². The molecular formula is C60H40BNO2Si. The second-order valence-corrected chi connectivity index (χ2v) is 20.9. The number of nitrogens with zero attached hydrogens (tertiary/aromatic N) is 1. The van der Waals surface area contributed by atoms with Crippen molar-refractivity contribution < 1.29 is 9.39 Å². The third-order valence-corrected chi connectivity index (χ3v) is 18.5. The molecule has 0 amide bonds. The van der Waals surface area contributed by atoms with Gasteiger partial charge in [-0.2, -0.15) is 0 Å². The molecule has 304 valence electrons. The Morgan fingerprint density at radius 1 is 0.369 bits per heavy atom. The SMILES string of the molecule is c1ccc([Si](c2ccccc2)(c2ccccc2)c2ccccc2-c2cc3c4c(c2)-c2ccccc2OB4c2ccc(-c4ccc(-n5c6ccccc6c6ccccc65)cc4)cc2O3)cc1. The summed E-state index contributed by atoms with van der Waals surface area (Å²) in [5.74, 6) is 2.51.